The van der Waals surface area contributed by atoms with Crippen molar-refractivity contribution in [2.75, 3.05) is 23.8 Å². The summed E-state index contributed by atoms with van der Waals surface area (Å²) in [7, 11) is 2.09. The molecule has 0 radical (unpaired) electrons. The molecule has 0 aromatic heterocycles. The molecule has 1 aromatic carbocycles. The summed E-state index contributed by atoms with van der Waals surface area (Å²) < 4.78 is 1.02. The Bertz CT molecular complexity index is 557. The molecule has 1 aliphatic rings. The van der Waals surface area contributed by atoms with Crippen LogP contribution >= 0.6 is 15.9 Å². The second-order valence-corrected chi connectivity index (χ2v) is 6.95. The standard InChI is InChI=1S/C16H24BrN3O/c1-6-16(3,4)20(5)13-9-12-10(8-11(13)17)14(18-7-2)15(21)19-12/h8-9,14,18H,6-7H2,1-5H3,(H,19,21). The van der Waals surface area contributed by atoms with Crippen LogP contribution in [0.15, 0.2) is 16.6 Å². The van der Waals surface area contributed by atoms with Crippen LogP contribution in [0.1, 0.15) is 45.7 Å². The minimum absolute atomic E-state index is 0.0216. The van der Waals surface area contributed by atoms with Crippen molar-refractivity contribution < 1.29 is 4.79 Å². The minimum atomic E-state index is -0.250. The first-order chi connectivity index (χ1) is 9.81. The number of hydrogen-bond donors (Lipinski definition) is 2. The molecule has 1 unspecified atom stereocenters. The molecule has 0 aliphatic carbocycles. The zero-order valence-electron chi connectivity index (χ0n) is 13.4. The molecular weight excluding hydrogens is 330 g/mol. The summed E-state index contributed by atoms with van der Waals surface area (Å²) in [6.07, 6.45) is 1.04. The Labute approximate surface area is 135 Å². The van der Waals surface area contributed by atoms with Crippen molar-refractivity contribution in [3.05, 3.63) is 22.2 Å². The number of carbonyl (C=O) groups excluding carboxylic acids is 1. The average molecular weight is 354 g/mol. The van der Waals surface area contributed by atoms with E-state index in [0.717, 1.165) is 34.4 Å². The van der Waals surface area contributed by atoms with Gasteiger partial charge in [-0.2, -0.15) is 0 Å². The number of benzene rings is 1. The Kier molecular flexibility index (Phi) is 4.63. The van der Waals surface area contributed by atoms with Gasteiger partial charge in [-0.15, -0.1) is 0 Å². The topological polar surface area (TPSA) is 44.4 Å². The Morgan fingerprint density at radius 1 is 1.38 bits per heavy atom. The second kappa shape index (κ2) is 5.97. The van der Waals surface area contributed by atoms with Crippen LogP contribution in [0.2, 0.25) is 0 Å². The predicted molar refractivity (Wildman–Crippen MR) is 92.0 cm³/mol. The van der Waals surface area contributed by atoms with E-state index in [1.165, 1.54) is 0 Å². The molecule has 2 N–H and O–H groups in total. The van der Waals surface area contributed by atoms with Crippen molar-refractivity contribution in [1.82, 2.24) is 5.32 Å². The number of halogens is 1. The summed E-state index contributed by atoms with van der Waals surface area (Å²) in [5, 5.41) is 6.20. The number of rotatable bonds is 5. The lowest BCUT2D eigenvalue weighted by molar-refractivity contribution is -0.117. The highest BCUT2D eigenvalue weighted by Crippen LogP contribution is 2.40. The fraction of sp³-hybridized carbons (Fsp3) is 0.562. The van der Waals surface area contributed by atoms with Crippen molar-refractivity contribution in [1.29, 1.82) is 0 Å². The maximum atomic E-state index is 12.1. The van der Waals surface area contributed by atoms with E-state index < -0.39 is 0 Å². The number of hydrogen-bond acceptors (Lipinski definition) is 3. The van der Waals surface area contributed by atoms with Crippen LogP contribution in [-0.4, -0.2) is 25.0 Å². The SMILES string of the molecule is CCNC1C(=O)Nc2cc(N(C)C(C)(C)CC)c(Br)cc21. The number of fused-ring (bicyclic) bond motifs is 1. The molecular formula is C16H24BrN3O. The monoisotopic (exact) mass is 353 g/mol. The number of nitrogens with one attached hydrogen (secondary N) is 2. The molecule has 0 saturated carbocycles. The molecule has 1 aliphatic heterocycles. The first kappa shape index (κ1) is 16.3. The first-order valence-corrected chi connectivity index (χ1v) is 8.22. The fourth-order valence-corrected chi connectivity index (χ4v) is 3.12. The van der Waals surface area contributed by atoms with E-state index in [4.69, 9.17) is 0 Å². The minimum Gasteiger partial charge on any atom is -0.369 e. The smallest absolute Gasteiger partial charge is 0.246 e. The quantitative estimate of drug-likeness (QED) is 0.848. The third-order valence-corrected chi connectivity index (χ3v) is 5.13. The summed E-state index contributed by atoms with van der Waals surface area (Å²) in [6.45, 7) is 9.38. The Balaban J connectivity index is 2.42. The highest BCUT2D eigenvalue weighted by atomic mass is 79.9. The summed E-state index contributed by atoms with van der Waals surface area (Å²) in [5.41, 5.74) is 3.07. The van der Waals surface area contributed by atoms with E-state index in [-0.39, 0.29) is 17.5 Å². The summed E-state index contributed by atoms with van der Waals surface area (Å²) >= 11 is 3.66. The van der Waals surface area contributed by atoms with E-state index in [1.807, 2.05) is 6.92 Å². The molecule has 0 saturated heterocycles. The predicted octanol–water partition coefficient (Wildman–Crippen LogP) is 3.68. The van der Waals surface area contributed by atoms with Gasteiger partial charge in [0.2, 0.25) is 5.91 Å². The van der Waals surface area contributed by atoms with Gasteiger partial charge >= 0.3 is 0 Å². The van der Waals surface area contributed by atoms with Crippen LogP contribution in [0.3, 0.4) is 0 Å². The van der Waals surface area contributed by atoms with Gasteiger partial charge in [0.25, 0.3) is 0 Å². The number of amides is 1. The van der Waals surface area contributed by atoms with E-state index >= 15 is 0 Å². The van der Waals surface area contributed by atoms with Crippen LogP contribution in [-0.2, 0) is 4.79 Å². The maximum Gasteiger partial charge on any atom is 0.246 e. The van der Waals surface area contributed by atoms with Crippen molar-refractivity contribution in [2.24, 2.45) is 0 Å². The van der Waals surface area contributed by atoms with E-state index in [0.29, 0.717) is 0 Å². The molecule has 0 spiro atoms. The normalized spacial score (nSPS) is 17.6. The Morgan fingerprint density at radius 2 is 2.05 bits per heavy atom. The summed E-state index contributed by atoms with van der Waals surface area (Å²) in [6, 6.07) is 3.87. The van der Waals surface area contributed by atoms with Gasteiger partial charge in [-0.05, 0) is 54.9 Å². The molecule has 5 heteroatoms. The van der Waals surface area contributed by atoms with Gasteiger partial charge in [-0.1, -0.05) is 13.8 Å². The second-order valence-electron chi connectivity index (χ2n) is 6.10. The van der Waals surface area contributed by atoms with Crippen molar-refractivity contribution in [2.45, 2.75) is 45.7 Å². The highest BCUT2D eigenvalue weighted by molar-refractivity contribution is 9.10. The van der Waals surface area contributed by atoms with Crippen LogP contribution in [0, 0.1) is 0 Å². The number of anilines is 2. The highest BCUT2D eigenvalue weighted by Gasteiger charge is 2.32. The first-order valence-electron chi connectivity index (χ1n) is 7.43. The third kappa shape index (κ3) is 2.94. The lowest BCUT2D eigenvalue weighted by Crippen LogP contribution is -2.40. The lowest BCUT2D eigenvalue weighted by atomic mass is 9.98. The molecule has 0 bridgehead atoms. The fourth-order valence-electron chi connectivity index (χ4n) is 2.50. The molecule has 4 nitrogen and oxygen atoms in total. The Morgan fingerprint density at radius 3 is 2.62 bits per heavy atom. The summed E-state index contributed by atoms with van der Waals surface area (Å²) in [5.74, 6) is 0.0216. The van der Waals surface area contributed by atoms with Crippen LogP contribution in [0.5, 0.6) is 0 Å². The van der Waals surface area contributed by atoms with Gasteiger partial charge < -0.3 is 15.5 Å². The third-order valence-electron chi connectivity index (χ3n) is 4.49. The van der Waals surface area contributed by atoms with Gasteiger partial charge in [0.1, 0.15) is 6.04 Å². The van der Waals surface area contributed by atoms with E-state index in [9.17, 15) is 4.79 Å². The maximum absolute atomic E-state index is 12.1. The van der Waals surface area contributed by atoms with Gasteiger partial charge in [-0.25, -0.2) is 0 Å². The molecule has 116 valence electrons. The van der Waals surface area contributed by atoms with Crippen LogP contribution in [0.4, 0.5) is 11.4 Å². The largest absolute Gasteiger partial charge is 0.369 e. The molecule has 1 amide bonds. The van der Waals surface area contributed by atoms with Crippen molar-refractivity contribution >= 4 is 33.2 Å². The van der Waals surface area contributed by atoms with E-state index in [1.54, 1.807) is 0 Å². The van der Waals surface area contributed by atoms with Gasteiger partial charge in [0.05, 0.1) is 5.69 Å². The molecule has 21 heavy (non-hydrogen) atoms. The van der Waals surface area contributed by atoms with Gasteiger partial charge in [0.15, 0.2) is 0 Å². The molecule has 1 heterocycles. The van der Waals surface area contributed by atoms with E-state index in [2.05, 4.69) is 71.4 Å². The Hall–Kier alpha value is -1.07. The zero-order valence-corrected chi connectivity index (χ0v) is 15.0. The van der Waals surface area contributed by atoms with Crippen LogP contribution in [0.25, 0.3) is 0 Å². The number of nitrogens with zero attached hydrogens (tertiary/aromatic N) is 1. The van der Waals surface area contributed by atoms with Gasteiger partial charge in [-0.3, -0.25) is 4.79 Å². The molecule has 0 fully saturated rings. The zero-order chi connectivity index (χ0) is 15.8. The lowest BCUT2D eigenvalue weighted by Gasteiger charge is -2.37. The number of carbonyl (C=O) groups is 1. The van der Waals surface area contributed by atoms with Gasteiger partial charge in [0, 0.05) is 28.3 Å². The van der Waals surface area contributed by atoms with Crippen molar-refractivity contribution in [3.63, 3.8) is 0 Å². The molecule has 2 rings (SSSR count). The summed E-state index contributed by atoms with van der Waals surface area (Å²) in [4.78, 5) is 14.3. The molecule has 1 aromatic rings. The number of likely N-dealkylation sites (N-methyl/N-ethyl adjacent to an activating group) is 1. The molecule has 1 atom stereocenters. The van der Waals surface area contributed by atoms with Crippen molar-refractivity contribution in [3.8, 4) is 0 Å². The van der Waals surface area contributed by atoms with Crippen LogP contribution < -0.4 is 15.5 Å². The average Bonchev–Trinajstić information content (AvgIpc) is 2.73.